The first-order valence-electron chi connectivity index (χ1n) is 30.9. The number of rotatable bonds is 6. The minimum atomic E-state index is -3.48. The van der Waals surface area contributed by atoms with E-state index in [-0.39, 0.29) is 17.6 Å². The van der Waals surface area contributed by atoms with Crippen molar-refractivity contribution in [3.8, 4) is 39.6 Å². The summed E-state index contributed by atoms with van der Waals surface area (Å²) in [7, 11) is 0. The smallest absolute Gasteiger partial charge is 0.137 e. The van der Waals surface area contributed by atoms with Crippen LogP contribution in [0.25, 0.3) is 93.2 Å². The monoisotopic (exact) mass is 1010 g/mol. The molecule has 4 heterocycles. The summed E-state index contributed by atoms with van der Waals surface area (Å²) >= 11 is 0. The van der Waals surface area contributed by atoms with E-state index in [4.69, 9.17) is 22.1 Å². The molecule has 1 aliphatic rings. The van der Waals surface area contributed by atoms with Crippen LogP contribution in [0.15, 0.2) is 212 Å². The number of anilines is 2. The van der Waals surface area contributed by atoms with Crippen LogP contribution in [-0.4, -0.2) is 14.1 Å². The molecule has 0 atom stereocenters. The maximum absolute atomic E-state index is 8.87. The van der Waals surface area contributed by atoms with Gasteiger partial charge in [-0.1, -0.05) is 202 Å². The number of pyridine rings is 1. The molecule has 5 heteroatoms. The Hall–Kier alpha value is -8.67. The Morgan fingerprint density at radius 3 is 1.82 bits per heavy atom. The van der Waals surface area contributed by atoms with Crippen molar-refractivity contribution in [3.63, 3.8) is 0 Å². The Labute approximate surface area is 464 Å². The van der Waals surface area contributed by atoms with Crippen LogP contribution in [0.3, 0.4) is 0 Å². The highest BCUT2D eigenvalue weighted by Gasteiger charge is 2.28. The molecular weight excluding hydrogens is 937 g/mol. The Bertz CT molecular complexity index is 4730. The van der Waals surface area contributed by atoms with Gasteiger partial charge in [0.15, 0.2) is 0 Å². The van der Waals surface area contributed by atoms with Gasteiger partial charge < -0.3 is 14.2 Å². The van der Waals surface area contributed by atoms with Crippen molar-refractivity contribution in [2.45, 2.75) is 85.0 Å². The van der Waals surface area contributed by atoms with E-state index in [2.05, 4.69) is 162 Å². The molecule has 9 aromatic carbocycles. The Kier molecular flexibility index (Phi) is 9.07. The molecule has 0 fully saturated rings. The summed E-state index contributed by atoms with van der Waals surface area (Å²) in [6.07, 6.45) is 1.88. The zero-order valence-corrected chi connectivity index (χ0v) is 44.1. The third-order valence-electron chi connectivity index (χ3n) is 15.5. The first-order chi connectivity index (χ1) is 40.8. The van der Waals surface area contributed by atoms with Crippen LogP contribution < -0.4 is 9.64 Å². The highest BCUT2D eigenvalue weighted by atomic mass is 16.5. The number of fused-ring (bicyclic) bond motifs is 10. The predicted octanol–water partition coefficient (Wildman–Crippen LogP) is 19.8. The summed E-state index contributed by atoms with van der Waals surface area (Å²) in [5.74, 6) is 2.09. The molecule has 0 spiro atoms. The number of hydrogen-bond acceptors (Lipinski definition) is 3. The molecule has 3 aromatic heterocycles. The van der Waals surface area contributed by atoms with Gasteiger partial charge in [0.1, 0.15) is 24.0 Å². The molecule has 0 unspecified atom stereocenters. The summed E-state index contributed by atoms with van der Waals surface area (Å²) in [5, 5.41) is 7.97. The van der Waals surface area contributed by atoms with Crippen LogP contribution >= 0.6 is 0 Å². The average Bonchev–Trinajstić information content (AvgIpc) is 0.866. The fraction of sp³-hybridized carbons (Fsp3) is 0.181. The first kappa shape index (κ1) is 38.8. The Morgan fingerprint density at radius 2 is 1.05 bits per heavy atom. The number of nitrogens with zero attached hydrogens (tertiary/aromatic N) is 4. The maximum atomic E-state index is 8.87. The Morgan fingerprint density at radius 1 is 0.429 bits per heavy atom. The molecule has 0 radical (unpaired) electrons. The summed E-state index contributed by atoms with van der Waals surface area (Å²) in [6.45, 7) is 2.34. The van der Waals surface area contributed by atoms with Crippen molar-refractivity contribution in [2.24, 2.45) is 0 Å². The highest BCUT2D eigenvalue weighted by molar-refractivity contribution is 6.22. The zero-order chi connectivity index (χ0) is 60.5. The van der Waals surface area contributed by atoms with E-state index in [1.54, 1.807) is 0 Å². The van der Waals surface area contributed by atoms with Crippen molar-refractivity contribution < 1.29 is 17.1 Å². The van der Waals surface area contributed by atoms with Gasteiger partial charge in [-0.25, -0.2) is 4.98 Å². The van der Waals surface area contributed by atoms with Gasteiger partial charge in [-0.3, -0.25) is 4.57 Å². The van der Waals surface area contributed by atoms with Crippen LogP contribution in [0.4, 0.5) is 11.4 Å². The van der Waals surface area contributed by atoms with Crippen LogP contribution in [0.5, 0.6) is 11.5 Å². The van der Waals surface area contributed by atoms with Crippen LogP contribution in [0.1, 0.15) is 91.1 Å². The number of hydrogen-bond donors (Lipinski definition) is 0. The lowest BCUT2D eigenvalue weighted by atomic mass is 9.78. The molecule has 13 rings (SSSR count). The van der Waals surface area contributed by atoms with Gasteiger partial charge in [0, 0.05) is 63.5 Å². The molecular formula is C72H64N4O. The van der Waals surface area contributed by atoms with E-state index >= 15 is 0 Å². The zero-order valence-electron chi connectivity index (χ0n) is 53.1. The molecule has 12 aromatic rings. The van der Waals surface area contributed by atoms with Gasteiger partial charge in [-0.15, -0.1) is 0 Å². The topological polar surface area (TPSA) is 35.2 Å². The maximum Gasteiger partial charge on any atom is 0.137 e. The molecule has 0 amide bonds. The number of para-hydroxylation sites is 3. The van der Waals surface area contributed by atoms with E-state index in [0.717, 1.165) is 93.5 Å². The fourth-order valence-electron chi connectivity index (χ4n) is 11.5. The van der Waals surface area contributed by atoms with Gasteiger partial charge in [0.25, 0.3) is 0 Å². The second-order valence-electron chi connectivity index (χ2n) is 22.6. The molecule has 1 aliphatic heterocycles. The van der Waals surface area contributed by atoms with Crippen LogP contribution in [0.2, 0.25) is 0 Å². The van der Waals surface area contributed by atoms with Gasteiger partial charge in [-0.2, -0.15) is 0 Å². The molecule has 0 saturated heterocycles. The summed E-state index contributed by atoms with van der Waals surface area (Å²) in [5.41, 5.74) is 6.15. The highest BCUT2D eigenvalue weighted by Crippen LogP contribution is 2.47. The first-order valence-corrected chi connectivity index (χ1v) is 26.4. The van der Waals surface area contributed by atoms with Crippen LogP contribution in [-0.2, 0) is 22.9 Å². The SMILES string of the molecule is [2H]C([2H])([2H])C(c1cc(-c2cccc3c4ccccc4c4ccc(-c5ccccc5)cc4c4cccc5c4n(c23)CN5c2cccc(Oc3ccc4c5ccccc5n(-c5cc(C(C)(C)C)ccn5)c4c3)c2)cc(C(C)(C)C)c1)(C([2H])([2H])[2H])C([2H])([2H])[2H]. The summed E-state index contributed by atoms with van der Waals surface area (Å²) in [6, 6.07) is 69.6. The minimum Gasteiger partial charge on any atom is -0.457 e. The van der Waals surface area contributed by atoms with E-state index < -0.39 is 31.4 Å². The number of aromatic nitrogens is 3. The average molecular weight is 1010 g/mol. The Balaban J connectivity index is 1.06. The summed E-state index contributed by atoms with van der Waals surface area (Å²) < 4.78 is 91.2. The molecule has 0 N–H and O–H groups in total. The fourth-order valence-corrected chi connectivity index (χ4v) is 11.5. The lowest BCUT2D eigenvalue weighted by molar-refractivity contribution is 0.483. The van der Waals surface area contributed by atoms with Gasteiger partial charge in [0.05, 0.1) is 27.8 Å². The molecule has 0 saturated carbocycles. The predicted molar refractivity (Wildman–Crippen MR) is 326 cm³/mol. The van der Waals surface area contributed by atoms with E-state index in [1.165, 1.54) is 17.7 Å². The largest absolute Gasteiger partial charge is 0.457 e. The second kappa shape index (κ2) is 18.0. The van der Waals surface area contributed by atoms with E-state index in [9.17, 15) is 0 Å². The minimum absolute atomic E-state index is 0.0856. The van der Waals surface area contributed by atoms with Crippen molar-refractivity contribution in [2.75, 3.05) is 4.90 Å². The number of benzene rings is 9. The van der Waals surface area contributed by atoms with E-state index in [0.29, 0.717) is 28.2 Å². The standard InChI is InChI=1S/C72H64N4O/c1-70(2,3)49-36-37-73-67(42-49)76-64-30-16-15-26-59(64)60-35-33-54(44-66(60)76)77-53-23-17-22-52(43-53)74-45-75-68-55(48-38-50(71(4,5)6)41-51(39-48)72(7,8)9)27-18-28-61(68)57-25-14-13-24-56(57)58-34-32-47(46-20-11-10-12-21-46)40-63(58)62-29-19-31-65(74)69(62)75/h10-44H,45H2,1-9H3/i4D3,5D3,6D3. The van der Waals surface area contributed by atoms with Crippen molar-refractivity contribution in [3.05, 3.63) is 229 Å². The third-order valence-corrected chi connectivity index (χ3v) is 15.5. The molecule has 0 bridgehead atoms. The molecule has 77 heavy (non-hydrogen) atoms. The van der Waals surface area contributed by atoms with Crippen molar-refractivity contribution in [1.29, 1.82) is 0 Å². The second-order valence-corrected chi connectivity index (χ2v) is 22.6. The van der Waals surface area contributed by atoms with Gasteiger partial charge in [-0.05, 0) is 126 Å². The lowest BCUT2D eigenvalue weighted by Crippen LogP contribution is -2.17. The lowest BCUT2D eigenvalue weighted by Gasteiger charge is -2.27. The number of ether oxygens (including phenoxy) is 1. The normalized spacial score (nSPS) is 15.1. The van der Waals surface area contributed by atoms with E-state index in [1.807, 2.05) is 93.7 Å². The third kappa shape index (κ3) is 8.37. The van der Waals surface area contributed by atoms with Gasteiger partial charge >= 0.3 is 0 Å². The quantitative estimate of drug-likeness (QED) is 0.166. The van der Waals surface area contributed by atoms with Crippen molar-refractivity contribution >= 4 is 76.5 Å². The van der Waals surface area contributed by atoms with Gasteiger partial charge in [0.2, 0.25) is 0 Å². The molecule has 0 aliphatic carbocycles. The van der Waals surface area contributed by atoms with Crippen molar-refractivity contribution in [1.82, 2.24) is 14.1 Å². The van der Waals surface area contributed by atoms with Crippen LogP contribution in [0, 0.1) is 0 Å². The summed E-state index contributed by atoms with van der Waals surface area (Å²) in [4.78, 5) is 7.18. The molecule has 5 nitrogen and oxygen atoms in total. The molecule has 378 valence electrons.